The molecular formula is C16H21F3N2O2. The van der Waals surface area contributed by atoms with Crippen LogP contribution in [0.3, 0.4) is 0 Å². The van der Waals surface area contributed by atoms with E-state index in [0.29, 0.717) is 5.92 Å². The van der Waals surface area contributed by atoms with Gasteiger partial charge in [0, 0.05) is 18.2 Å². The summed E-state index contributed by atoms with van der Waals surface area (Å²) in [6.45, 7) is 2.07. The monoisotopic (exact) mass is 330 g/mol. The summed E-state index contributed by atoms with van der Waals surface area (Å²) in [5.41, 5.74) is 0.275. The maximum atomic E-state index is 12.4. The molecular weight excluding hydrogens is 309 g/mol. The van der Waals surface area contributed by atoms with E-state index in [2.05, 4.69) is 22.3 Å². The Hall–Kier alpha value is -1.92. The Kier molecular flexibility index (Phi) is 5.74. The Morgan fingerprint density at radius 2 is 1.96 bits per heavy atom. The summed E-state index contributed by atoms with van der Waals surface area (Å²) >= 11 is 0. The van der Waals surface area contributed by atoms with Crippen LogP contribution in [0.2, 0.25) is 0 Å². The van der Waals surface area contributed by atoms with Gasteiger partial charge in [-0.1, -0.05) is 38.0 Å². The minimum Gasteiger partial charge on any atom is -0.405 e. The number of urea groups is 1. The van der Waals surface area contributed by atoms with Crippen LogP contribution in [0.25, 0.3) is 0 Å². The predicted molar refractivity (Wildman–Crippen MR) is 79.9 cm³/mol. The Morgan fingerprint density at radius 3 is 2.65 bits per heavy atom. The Morgan fingerprint density at radius 1 is 1.26 bits per heavy atom. The second-order valence-electron chi connectivity index (χ2n) is 5.85. The third kappa shape index (κ3) is 5.65. The minimum absolute atomic E-state index is 0.0286. The molecule has 23 heavy (non-hydrogen) atoms. The Labute approximate surface area is 133 Å². The summed E-state index contributed by atoms with van der Waals surface area (Å²) in [6, 6.07) is 5.52. The van der Waals surface area contributed by atoms with Crippen molar-refractivity contribution in [1.82, 2.24) is 10.6 Å². The summed E-state index contributed by atoms with van der Waals surface area (Å²) in [4.78, 5) is 11.9. The molecule has 7 heteroatoms. The van der Waals surface area contributed by atoms with Gasteiger partial charge in [-0.2, -0.15) is 0 Å². The van der Waals surface area contributed by atoms with Crippen molar-refractivity contribution in [2.45, 2.75) is 51.6 Å². The van der Waals surface area contributed by atoms with Crippen LogP contribution in [0, 0.1) is 5.92 Å². The first-order chi connectivity index (χ1) is 10.8. The maximum absolute atomic E-state index is 12.4. The Balaban J connectivity index is 1.89. The molecule has 1 aliphatic carbocycles. The molecule has 2 atom stereocenters. The van der Waals surface area contributed by atoms with Crippen molar-refractivity contribution in [3.63, 3.8) is 0 Å². The van der Waals surface area contributed by atoms with Crippen LogP contribution in [-0.2, 0) is 6.54 Å². The van der Waals surface area contributed by atoms with Gasteiger partial charge in [-0.3, -0.25) is 0 Å². The molecule has 1 aliphatic rings. The number of nitrogens with one attached hydrogen (secondary N) is 2. The first-order valence-electron chi connectivity index (χ1n) is 7.73. The number of halogens is 3. The molecule has 0 aromatic heterocycles. The molecule has 1 fully saturated rings. The number of rotatable bonds is 4. The van der Waals surface area contributed by atoms with Gasteiger partial charge in [0.25, 0.3) is 0 Å². The van der Waals surface area contributed by atoms with Crippen LogP contribution < -0.4 is 15.4 Å². The Bertz CT molecular complexity index is 534. The average molecular weight is 330 g/mol. The van der Waals surface area contributed by atoms with E-state index in [4.69, 9.17) is 0 Å². The lowest BCUT2D eigenvalue weighted by Gasteiger charge is -2.29. The van der Waals surface area contributed by atoms with E-state index < -0.39 is 6.36 Å². The lowest BCUT2D eigenvalue weighted by atomic mass is 9.86. The van der Waals surface area contributed by atoms with E-state index in [9.17, 15) is 18.0 Å². The van der Waals surface area contributed by atoms with Crippen molar-refractivity contribution < 1.29 is 22.7 Å². The molecule has 0 spiro atoms. The summed E-state index contributed by atoms with van der Waals surface area (Å²) in [5, 5.41) is 5.49. The predicted octanol–water partition coefficient (Wildman–Crippen LogP) is 3.96. The molecule has 4 nitrogen and oxygen atoms in total. The van der Waals surface area contributed by atoms with Crippen molar-refractivity contribution in [3.8, 4) is 5.75 Å². The number of ether oxygens (including phenoxy) is 1. The van der Waals surface area contributed by atoms with E-state index in [1.807, 2.05) is 0 Å². The fraction of sp³-hybridized carbons (Fsp3) is 0.562. The molecule has 2 rings (SSSR count). The van der Waals surface area contributed by atoms with Crippen molar-refractivity contribution >= 4 is 6.03 Å². The van der Waals surface area contributed by atoms with E-state index in [1.54, 1.807) is 6.07 Å². The van der Waals surface area contributed by atoms with E-state index in [-0.39, 0.29) is 29.9 Å². The topological polar surface area (TPSA) is 50.4 Å². The van der Waals surface area contributed by atoms with Gasteiger partial charge in [-0.05, 0) is 24.8 Å². The number of hydrogen-bond acceptors (Lipinski definition) is 2. The van der Waals surface area contributed by atoms with Gasteiger partial charge in [0.05, 0.1) is 0 Å². The van der Waals surface area contributed by atoms with Crippen molar-refractivity contribution in [2.24, 2.45) is 5.92 Å². The number of hydrogen-bond donors (Lipinski definition) is 2. The van der Waals surface area contributed by atoms with Crippen LogP contribution in [0.1, 0.15) is 38.2 Å². The van der Waals surface area contributed by atoms with E-state index in [1.165, 1.54) is 24.6 Å². The molecule has 128 valence electrons. The van der Waals surface area contributed by atoms with Gasteiger partial charge in [0.2, 0.25) is 0 Å². The van der Waals surface area contributed by atoms with Crippen LogP contribution in [0.15, 0.2) is 24.3 Å². The van der Waals surface area contributed by atoms with Crippen molar-refractivity contribution in [3.05, 3.63) is 29.8 Å². The highest BCUT2D eigenvalue weighted by Gasteiger charge is 2.32. The number of para-hydroxylation sites is 1. The van der Waals surface area contributed by atoms with E-state index >= 15 is 0 Å². The molecule has 0 heterocycles. The van der Waals surface area contributed by atoms with Gasteiger partial charge in [0.1, 0.15) is 5.75 Å². The van der Waals surface area contributed by atoms with Gasteiger partial charge < -0.3 is 15.4 Å². The van der Waals surface area contributed by atoms with Crippen LogP contribution in [0.5, 0.6) is 5.75 Å². The van der Waals surface area contributed by atoms with Gasteiger partial charge in [-0.15, -0.1) is 13.2 Å². The largest absolute Gasteiger partial charge is 0.573 e. The highest BCUT2D eigenvalue weighted by Crippen LogP contribution is 2.26. The fourth-order valence-electron chi connectivity index (χ4n) is 2.80. The first kappa shape index (κ1) is 17.4. The molecule has 1 aromatic carbocycles. The minimum atomic E-state index is -4.75. The highest BCUT2D eigenvalue weighted by atomic mass is 19.4. The van der Waals surface area contributed by atoms with Gasteiger partial charge in [-0.25, -0.2) is 4.79 Å². The second kappa shape index (κ2) is 7.57. The van der Waals surface area contributed by atoms with Crippen LogP contribution in [-0.4, -0.2) is 18.4 Å². The zero-order valence-corrected chi connectivity index (χ0v) is 13.0. The maximum Gasteiger partial charge on any atom is 0.573 e. The standard InChI is InChI=1S/C16H21F3N2O2/c1-11-6-2-4-8-13(11)21-15(22)20-10-12-7-3-5-9-14(12)23-16(17,18)19/h3,5,7,9,11,13H,2,4,6,8,10H2,1H3,(H2,20,21,22). The summed E-state index contributed by atoms with van der Waals surface area (Å²) in [7, 11) is 0. The molecule has 0 aliphatic heterocycles. The van der Waals surface area contributed by atoms with Crippen molar-refractivity contribution in [1.29, 1.82) is 0 Å². The third-order valence-corrected chi connectivity index (χ3v) is 4.07. The SMILES string of the molecule is CC1CCCCC1NC(=O)NCc1ccccc1OC(F)(F)F. The average Bonchev–Trinajstić information content (AvgIpc) is 2.47. The highest BCUT2D eigenvalue weighted by molar-refractivity contribution is 5.74. The fourth-order valence-corrected chi connectivity index (χ4v) is 2.80. The number of alkyl halides is 3. The molecule has 2 amide bonds. The first-order valence-corrected chi connectivity index (χ1v) is 7.73. The van der Waals surface area contributed by atoms with Gasteiger partial charge in [0.15, 0.2) is 0 Å². The smallest absolute Gasteiger partial charge is 0.405 e. The summed E-state index contributed by atoms with van der Waals surface area (Å²) in [5.74, 6) is 0.113. The van der Waals surface area contributed by atoms with E-state index in [0.717, 1.165) is 19.3 Å². The quantitative estimate of drug-likeness (QED) is 0.878. The molecule has 0 radical (unpaired) electrons. The number of carbonyl (C=O) groups is 1. The molecule has 2 unspecified atom stereocenters. The van der Waals surface area contributed by atoms with Crippen LogP contribution >= 0.6 is 0 Å². The molecule has 0 saturated heterocycles. The number of benzene rings is 1. The third-order valence-electron chi connectivity index (χ3n) is 4.07. The second-order valence-corrected chi connectivity index (χ2v) is 5.85. The van der Waals surface area contributed by atoms with Crippen LogP contribution in [0.4, 0.5) is 18.0 Å². The zero-order chi connectivity index (χ0) is 16.9. The molecule has 1 aromatic rings. The summed E-state index contributed by atoms with van der Waals surface area (Å²) in [6.07, 6.45) is -0.494. The normalized spacial score (nSPS) is 21.6. The van der Waals surface area contributed by atoms with Gasteiger partial charge >= 0.3 is 12.4 Å². The zero-order valence-electron chi connectivity index (χ0n) is 13.0. The molecule has 1 saturated carbocycles. The number of amides is 2. The molecule has 0 bridgehead atoms. The number of carbonyl (C=O) groups excluding carboxylic acids is 1. The lowest BCUT2D eigenvalue weighted by Crippen LogP contribution is -2.45. The van der Waals surface area contributed by atoms with Crippen molar-refractivity contribution in [2.75, 3.05) is 0 Å². The lowest BCUT2D eigenvalue weighted by molar-refractivity contribution is -0.274. The summed E-state index contributed by atoms with van der Waals surface area (Å²) < 4.78 is 41.0. The molecule has 2 N–H and O–H groups in total.